The third-order valence-electron chi connectivity index (χ3n) is 3.06. The Morgan fingerprint density at radius 1 is 1.29 bits per heavy atom. The van der Waals surface area contributed by atoms with Crippen LogP contribution in [0.25, 0.3) is 0 Å². The molecule has 0 N–H and O–H groups in total. The number of hydrogen-bond donors (Lipinski definition) is 0. The second kappa shape index (κ2) is 7.60. The number of ketones is 1. The summed E-state index contributed by atoms with van der Waals surface area (Å²) in [6.45, 7) is 0. The lowest BCUT2D eigenvalue weighted by Gasteiger charge is -2.16. The SMILES string of the molecule is O=C(c1cccnc1)C(C/C=C/Cl)c1ccc(Cl)cc1Cl. The Morgan fingerprint density at radius 3 is 2.71 bits per heavy atom. The second-order valence-electron chi connectivity index (χ2n) is 4.42. The number of pyridine rings is 1. The minimum Gasteiger partial charge on any atom is -0.293 e. The van der Waals surface area contributed by atoms with Gasteiger partial charge in [-0.15, -0.1) is 0 Å². The molecule has 2 rings (SSSR count). The van der Waals surface area contributed by atoms with Crippen molar-refractivity contribution < 1.29 is 4.79 Å². The highest BCUT2D eigenvalue weighted by Gasteiger charge is 2.23. The van der Waals surface area contributed by atoms with Crippen LogP contribution < -0.4 is 0 Å². The predicted octanol–water partition coefficient (Wildman–Crippen LogP) is 5.50. The Balaban J connectivity index is 2.41. The molecular formula is C16H12Cl3NO. The molecule has 0 fully saturated rings. The zero-order valence-electron chi connectivity index (χ0n) is 11.0. The molecule has 5 heteroatoms. The van der Waals surface area contributed by atoms with Gasteiger partial charge in [0.15, 0.2) is 5.78 Å². The van der Waals surface area contributed by atoms with E-state index in [0.717, 1.165) is 5.56 Å². The highest BCUT2D eigenvalue weighted by Crippen LogP contribution is 2.32. The molecule has 1 unspecified atom stereocenters. The zero-order valence-corrected chi connectivity index (χ0v) is 13.2. The highest BCUT2D eigenvalue weighted by molar-refractivity contribution is 6.35. The highest BCUT2D eigenvalue weighted by atomic mass is 35.5. The van der Waals surface area contributed by atoms with Gasteiger partial charge in [-0.1, -0.05) is 46.9 Å². The summed E-state index contributed by atoms with van der Waals surface area (Å²) in [6.07, 6.45) is 5.35. The molecule has 1 aromatic carbocycles. The van der Waals surface area contributed by atoms with Crippen LogP contribution in [-0.2, 0) is 0 Å². The molecule has 108 valence electrons. The Hall–Kier alpha value is -1.35. The molecule has 21 heavy (non-hydrogen) atoms. The smallest absolute Gasteiger partial charge is 0.172 e. The van der Waals surface area contributed by atoms with E-state index < -0.39 is 5.92 Å². The molecule has 0 amide bonds. The maximum Gasteiger partial charge on any atom is 0.172 e. The molecule has 0 spiro atoms. The van der Waals surface area contributed by atoms with Crippen molar-refractivity contribution >= 4 is 40.6 Å². The van der Waals surface area contributed by atoms with Crippen molar-refractivity contribution in [2.24, 2.45) is 0 Å². The number of benzene rings is 1. The molecule has 0 aliphatic heterocycles. The lowest BCUT2D eigenvalue weighted by Crippen LogP contribution is -2.13. The number of allylic oxidation sites excluding steroid dienone is 1. The van der Waals surface area contributed by atoms with Gasteiger partial charge in [0.1, 0.15) is 0 Å². The Labute approximate surface area is 138 Å². The first-order valence-electron chi connectivity index (χ1n) is 6.28. The number of halogens is 3. The maximum absolute atomic E-state index is 12.7. The fourth-order valence-electron chi connectivity index (χ4n) is 2.06. The van der Waals surface area contributed by atoms with Gasteiger partial charge in [0.25, 0.3) is 0 Å². The third kappa shape index (κ3) is 4.07. The lowest BCUT2D eigenvalue weighted by molar-refractivity contribution is 0.0959. The fourth-order valence-corrected chi connectivity index (χ4v) is 2.70. The number of aromatic nitrogens is 1. The minimum atomic E-state index is -0.422. The molecule has 0 aliphatic carbocycles. The summed E-state index contributed by atoms with van der Waals surface area (Å²) in [5.41, 5.74) is 2.66. The monoisotopic (exact) mass is 339 g/mol. The van der Waals surface area contributed by atoms with Gasteiger partial charge in [-0.3, -0.25) is 9.78 Å². The van der Waals surface area contributed by atoms with Crippen LogP contribution in [0.15, 0.2) is 54.3 Å². The van der Waals surface area contributed by atoms with Gasteiger partial charge >= 0.3 is 0 Å². The van der Waals surface area contributed by atoms with Crippen LogP contribution in [0.2, 0.25) is 10.0 Å². The Morgan fingerprint density at radius 2 is 2.10 bits per heavy atom. The number of carbonyl (C=O) groups is 1. The van der Waals surface area contributed by atoms with Crippen molar-refractivity contribution in [2.75, 3.05) is 0 Å². The van der Waals surface area contributed by atoms with Gasteiger partial charge in [0.05, 0.1) is 5.92 Å². The topological polar surface area (TPSA) is 30.0 Å². The first kappa shape index (κ1) is 16.0. The quantitative estimate of drug-likeness (QED) is 0.673. The molecular weight excluding hydrogens is 329 g/mol. The summed E-state index contributed by atoms with van der Waals surface area (Å²) < 4.78 is 0. The van der Waals surface area contributed by atoms with Crippen LogP contribution in [-0.4, -0.2) is 10.8 Å². The van der Waals surface area contributed by atoms with Crippen molar-refractivity contribution in [1.82, 2.24) is 4.98 Å². The first-order valence-corrected chi connectivity index (χ1v) is 7.47. The molecule has 1 aromatic heterocycles. The number of nitrogens with zero attached hydrogens (tertiary/aromatic N) is 1. The summed E-state index contributed by atoms with van der Waals surface area (Å²) >= 11 is 17.7. The van der Waals surface area contributed by atoms with Gasteiger partial charge in [0.2, 0.25) is 0 Å². The van der Waals surface area contributed by atoms with Crippen LogP contribution in [0.5, 0.6) is 0 Å². The average Bonchev–Trinajstić information content (AvgIpc) is 2.50. The largest absolute Gasteiger partial charge is 0.293 e. The molecule has 0 bridgehead atoms. The Bertz CT molecular complexity index is 656. The van der Waals surface area contributed by atoms with Crippen LogP contribution in [0.4, 0.5) is 0 Å². The van der Waals surface area contributed by atoms with E-state index in [-0.39, 0.29) is 5.78 Å². The molecule has 0 saturated carbocycles. The van der Waals surface area contributed by atoms with Gasteiger partial charge in [-0.2, -0.15) is 0 Å². The second-order valence-corrected chi connectivity index (χ2v) is 5.52. The third-order valence-corrected chi connectivity index (χ3v) is 3.80. The minimum absolute atomic E-state index is 0.0536. The van der Waals surface area contributed by atoms with Crippen LogP contribution in [0, 0.1) is 0 Å². The fraction of sp³-hybridized carbons (Fsp3) is 0.125. The van der Waals surface area contributed by atoms with E-state index >= 15 is 0 Å². The molecule has 1 heterocycles. The number of carbonyl (C=O) groups excluding carboxylic acids is 1. The molecule has 2 aromatic rings. The lowest BCUT2D eigenvalue weighted by atomic mass is 9.88. The van der Waals surface area contributed by atoms with E-state index in [1.54, 1.807) is 48.8 Å². The van der Waals surface area contributed by atoms with Crippen LogP contribution >= 0.6 is 34.8 Å². The summed E-state index contributed by atoms with van der Waals surface area (Å²) in [4.78, 5) is 16.7. The summed E-state index contributed by atoms with van der Waals surface area (Å²) in [5, 5.41) is 0.997. The number of rotatable bonds is 5. The van der Waals surface area contributed by atoms with Gasteiger partial charge in [-0.25, -0.2) is 0 Å². The Kier molecular flexibility index (Phi) is 5.80. The molecule has 0 saturated heterocycles. The number of Topliss-reactive ketones (excluding diaryl/α,β-unsaturated/α-hetero) is 1. The first-order chi connectivity index (χ1) is 10.1. The van der Waals surface area contributed by atoms with Crippen LogP contribution in [0.1, 0.15) is 28.3 Å². The van der Waals surface area contributed by atoms with Gasteiger partial charge in [0, 0.05) is 33.5 Å². The van der Waals surface area contributed by atoms with Crippen molar-refractivity contribution in [2.45, 2.75) is 12.3 Å². The summed E-state index contributed by atoms with van der Waals surface area (Å²) in [6, 6.07) is 8.58. The predicted molar refractivity (Wildman–Crippen MR) is 87.4 cm³/mol. The van der Waals surface area contributed by atoms with Crippen molar-refractivity contribution in [3.63, 3.8) is 0 Å². The standard InChI is InChI=1S/C16H12Cl3NO/c17-7-1-4-14(13-6-5-12(18)9-15(13)19)16(21)11-3-2-8-20-10-11/h1-3,5-10,14H,4H2/b7-1+. The van der Waals surface area contributed by atoms with Gasteiger partial charge in [-0.05, 0) is 36.2 Å². The van der Waals surface area contributed by atoms with E-state index in [4.69, 9.17) is 34.8 Å². The molecule has 2 nitrogen and oxygen atoms in total. The van der Waals surface area contributed by atoms with Crippen molar-refractivity contribution in [3.05, 3.63) is 75.5 Å². The van der Waals surface area contributed by atoms with Crippen molar-refractivity contribution in [1.29, 1.82) is 0 Å². The van der Waals surface area contributed by atoms with E-state index in [2.05, 4.69) is 4.98 Å². The van der Waals surface area contributed by atoms with E-state index in [0.29, 0.717) is 22.0 Å². The maximum atomic E-state index is 12.7. The zero-order chi connectivity index (χ0) is 15.2. The normalized spacial score (nSPS) is 12.5. The summed E-state index contributed by atoms with van der Waals surface area (Å²) in [7, 11) is 0. The van der Waals surface area contributed by atoms with E-state index in [1.807, 2.05) is 0 Å². The molecule has 0 radical (unpaired) electrons. The van der Waals surface area contributed by atoms with Gasteiger partial charge < -0.3 is 0 Å². The summed E-state index contributed by atoms with van der Waals surface area (Å²) in [5.74, 6) is -0.476. The number of hydrogen-bond acceptors (Lipinski definition) is 2. The van der Waals surface area contributed by atoms with Crippen molar-refractivity contribution in [3.8, 4) is 0 Å². The molecule has 0 aliphatic rings. The van der Waals surface area contributed by atoms with E-state index in [1.165, 1.54) is 5.54 Å². The van der Waals surface area contributed by atoms with Crippen LogP contribution in [0.3, 0.4) is 0 Å². The van der Waals surface area contributed by atoms with E-state index in [9.17, 15) is 4.79 Å². The average molecular weight is 341 g/mol. The molecule has 1 atom stereocenters.